The summed E-state index contributed by atoms with van der Waals surface area (Å²) in [4.78, 5) is 3.72. The van der Waals surface area contributed by atoms with E-state index in [0.29, 0.717) is 0 Å². The Labute approximate surface area is 73.1 Å². The van der Waals surface area contributed by atoms with Gasteiger partial charge in [0, 0.05) is 6.54 Å². The molecule has 0 spiro atoms. The van der Waals surface area contributed by atoms with E-state index >= 15 is 0 Å². The molecule has 0 atom stereocenters. The number of hydrogen-bond donors (Lipinski definition) is 1. The maximum absolute atomic E-state index is 8.91. The lowest BCUT2D eigenvalue weighted by molar-refractivity contribution is 0.455. The van der Waals surface area contributed by atoms with Gasteiger partial charge in [0.1, 0.15) is 0 Å². The molecule has 1 radical (unpaired) electrons. The van der Waals surface area contributed by atoms with E-state index in [1.54, 1.807) is 12.5 Å². The van der Waals surface area contributed by atoms with Gasteiger partial charge in [-0.3, -0.25) is 0 Å². The summed E-state index contributed by atoms with van der Waals surface area (Å²) in [7, 11) is 0. The minimum absolute atomic E-state index is 0.104. The minimum atomic E-state index is 0.104. The highest BCUT2D eigenvalue weighted by Gasteiger charge is 1.94. The van der Waals surface area contributed by atoms with Crippen LogP contribution in [0.4, 0.5) is 0 Å². The largest absolute Gasteiger partial charge is 0.492 e. The second-order valence-corrected chi connectivity index (χ2v) is 2.88. The molecule has 0 bridgehead atoms. The van der Waals surface area contributed by atoms with Crippen molar-refractivity contribution in [2.24, 2.45) is 0 Å². The number of unbranched alkanes of at least 4 members (excludes halogenated alkanes) is 3. The molecule has 1 heterocycles. The highest BCUT2D eigenvalue weighted by molar-refractivity contribution is 4.99. The Morgan fingerprint density at radius 2 is 2.25 bits per heavy atom. The van der Waals surface area contributed by atoms with Crippen molar-refractivity contribution in [2.45, 2.75) is 32.2 Å². The van der Waals surface area contributed by atoms with Gasteiger partial charge in [-0.25, -0.2) is 4.98 Å². The monoisotopic (exact) mass is 167 g/mol. The Kier molecular flexibility index (Phi) is 3.64. The van der Waals surface area contributed by atoms with E-state index in [0.717, 1.165) is 19.4 Å². The van der Waals surface area contributed by atoms with Crippen molar-refractivity contribution < 1.29 is 5.11 Å². The van der Waals surface area contributed by atoms with Gasteiger partial charge >= 0.3 is 0 Å². The van der Waals surface area contributed by atoms with Crippen molar-refractivity contribution in [1.29, 1.82) is 0 Å². The molecule has 0 aliphatic rings. The summed E-state index contributed by atoms with van der Waals surface area (Å²) in [6.07, 6.45) is 7.81. The van der Waals surface area contributed by atoms with Crippen LogP contribution >= 0.6 is 0 Å². The first-order chi connectivity index (χ1) is 5.83. The number of aromatic hydroxyl groups is 1. The lowest BCUT2D eigenvalue weighted by Crippen LogP contribution is -1.93. The van der Waals surface area contributed by atoms with E-state index in [2.05, 4.69) is 11.9 Å². The third-order valence-electron chi connectivity index (χ3n) is 1.79. The van der Waals surface area contributed by atoms with Gasteiger partial charge < -0.3 is 9.67 Å². The molecule has 0 saturated heterocycles. The van der Waals surface area contributed by atoms with E-state index in [4.69, 9.17) is 5.11 Å². The van der Waals surface area contributed by atoms with Crippen LogP contribution in [0.5, 0.6) is 5.88 Å². The first-order valence-corrected chi connectivity index (χ1v) is 4.33. The van der Waals surface area contributed by atoms with Crippen LogP contribution in [0, 0.1) is 6.92 Å². The van der Waals surface area contributed by atoms with Gasteiger partial charge in [-0.05, 0) is 6.42 Å². The van der Waals surface area contributed by atoms with Gasteiger partial charge in [0.25, 0.3) is 0 Å². The molecule has 1 rings (SSSR count). The Balaban J connectivity index is 2.15. The number of aromatic nitrogens is 2. The third kappa shape index (κ3) is 2.95. The van der Waals surface area contributed by atoms with Gasteiger partial charge in [0.2, 0.25) is 5.88 Å². The maximum Gasteiger partial charge on any atom is 0.229 e. The molecule has 1 aromatic heterocycles. The smallest absolute Gasteiger partial charge is 0.229 e. The minimum Gasteiger partial charge on any atom is -0.492 e. The SMILES string of the molecule is [CH2]CCCCCn1cnc(O)c1. The summed E-state index contributed by atoms with van der Waals surface area (Å²) in [5.41, 5.74) is 0. The van der Waals surface area contributed by atoms with Crippen molar-refractivity contribution in [1.82, 2.24) is 9.55 Å². The Bertz CT molecular complexity index is 220. The van der Waals surface area contributed by atoms with Gasteiger partial charge in [-0.15, -0.1) is 0 Å². The molecule has 0 unspecified atom stereocenters. The number of nitrogens with zero attached hydrogens (tertiary/aromatic N) is 2. The predicted molar refractivity (Wildman–Crippen MR) is 47.7 cm³/mol. The molecular weight excluding hydrogens is 152 g/mol. The van der Waals surface area contributed by atoms with Gasteiger partial charge in [0.05, 0.1) is 12.5 Å². The van der Waals surface area contributed by atoms with Gasteiger partial charge in [0.15, 0.2) is 0 Å². The number of imidazole rings is 1. The number of rotatable bonds is 5. The zero-order valence-electron chi connectivity index (χ0n) is 7.24. The van der Waals surface area contributed by atoms with Crippen molar-refractivity contribution in [3.63, 3.8) is 0 Å². The zero-order valence-corrected chi connectivity index (χ0v) is 7.24. The second-order valence-electron chi connectivity index (χ2n) is 2.88. The van der Waals surface area contributed by atoms with Crippen LogP contribution in [-0.2, 0) is 6.54 Å². The number of hydrogen-bond acceptors (Lipinski definition) is 2. The van der Waals surface area contributed by atoms with E-state index in [1.807, 2.05) is 4.57 Å². The molecule has 0 aromatic carbocycles. The molecule has 0 amide bonds. The highest BCUT2D eigenvalue weighted by atomic mass is 16.3. The van der Waals surface area contributed by atoms with Gasteiger partial charge in [-0.1, -0.05) is 26.2 Å². The van der Waals surface area contributed by atoms with Crippen LogP contribution in [0.1, 0.15) is 25.7 Å². The van der Waals surface area contributed by atoms with Crippen molar-refractivity contribution >= 4 is 0 Å². The van der Waals surface area contributed by atoms with Crippen LogP contribution in [0.15, 0.2) is 12.5 Å². The average Bonchev–Trinajstić information content (AvgIpc) is 2.45. The standard InChI is InChI=1S/C9H15N2O/c1-2-3-4-5-6-11-7-9(12)10-8-11/h7-8,12H,1-6H2. The predicted octanol–water partition coefficient (Wildman–Crippen LogP) is 1.98. The summed E-state index contributed by atoms with van der Waals surface area (Å²) in [5.74, 6) is 0.104. The molecule has 0 aliphatic carbocycles. The molecule has 67 valence electrons. The summed E-state index contributed by atoms with van der Waals surface area (Å²) in [5, 5.41) is 8.91. The molecule has 0 saturated carbocycles. The molecular formula is C9H15N2O. The van der Waals surface area contributed by atoms with E-state index in [9.17, 15) is 0 Å². The first-order valence-electron chi connectivity index (χ1n) is 4.33. The highest BCUT2D eigenvalue weighted by Crippen LogP contribution is 2.05. The van der Waals surface area contributed by atoms with Crippen LogP contribution in [0.3, 0.4) is 0 Å². The summed E-state index contributed by atoms with van der Waals surface area (Å²) >= 11 is 0. The third-order valence-corrected chi connectivity index (χ3v) is 1.79. The fraction of sp³-hybridized carbons (Fsp3) is 0.556. The molecule has 0 aliphatic heterocycles. The molecule has 0 fully saturated rings. The van der Waals surface area contributed by atoms with Crippen molar-refractivity contribution in [3.05, 3.63) is 19.4 Å². The fourth-order valence-electron chi connectivity index (χ4n) is 1.12. The quantitative estimate of drug-likeness (QED) is 0.681. The Morgan fingerprint density at radius 3 is 2.83 bits per heavy atom. The molecule has 12 heavy (non-hydrogen) atoms. The van der Waals surface area contributed by atoms with Crippen LogP contribution < -0.4 is 0 Å². The van der Waals surface area contributed by atoms with E-state index in [1.165, 1.54) is 12.8 Å². The second kappa shape index (κ2) is 4.80. The average molecular weight is 167 g/mol. The van der Waals surface area contributed by atoms with Gasteiger partial charge in [-0.2, -0.15) is 0 Å². The van der Waals surface area contributed by atoms with Crippen LogP contribution in [0.2, 0.25) is 0 Å². The van der Waals surface area contributed by atoms with Crippen molar-refractivity contribution in [2.75, 3.05) is 0 Å². The fourth-order valence-corrected chi connectivity index (χ4v) is 1.12. The summed E-state index contributed by atoms with van der Waals surface area (Å²) < 4.78 is 1.90. The molecule has 1 N–H and O–H groups in total. The van der Waals surface area contributed by atoms with Crippen LogP contribution in [0.25, 0.3) is 0 Å². The van der Waals surface area contributed by atoms with E-state index < -0.39 is 0 Å². The lowest BCUT2D eigenvalue weighted by atomic mass is 10.2. The van der Waals surface area contributed by atoms with Crippen molar-refractivity contribution in [3.8, 4) is 5.88 Å². The maximum atomic E-state index is 8.91. The normalized spacial score (nSPS) is 10.4. The summed E-state index contributed by atoms with van der Waals surface area (Å²) in [6.45, 7) is 4.71. The van der Waals surface area contributed by atoms with E-state index in [-0.39, 0.29) is 5.88 Å². The Hall–Kier alpha value is -0.990. The number of aryl methyl sites for hydroxylation is 1. The molecule has 3 nitrogen and oxygen atoms in total. The molecule has 3 heteroatoms. The first kappa shape index (κ1) is 9.10. The summed E-state index contributed by atoms with van der Waals surface area (Å²) in [6, 6.07) is 0. The Morgan fingerprint density at radius 1 is 1.42 bits per heavy atom. The lowest BCUT2D eigenvalue weighted by Gasteiger charge is -1.99. The topological polar surface area (TPSA) is 38.0 Å². The molecule has 1 aromatic rings. The zero-order chi connectivity index (χ0) is 8.81. The van der Waals surface area contributed by atoms with Crippen LogP contribution in [-0.4, -0.2) is 14.7 Å².